The van der Waals surface area contributed by atoms with E-state index in [4.69, 9.17) is 0 Å². The van der Waals surface area contributed by atoms with E-state index >= 15 is 0 Å². The zero-order chi connectivity index (χ0) is 15.9. The molecule has 1 amide bonds. The van der Waals surface area contributed by atoms with Crippen LogP contribution in [0.3, 0.4) is 0 Å². The summed E-state index contributed by atoms with van der Waals surface area (Å²) < 4.78 is 33.2. The minimum absolute atomic E-state index is 0. The van der Waals surface area contributed by atoms with Crippen molar-refractivity contribution in [3.63, 3.8) is 0 Å². The van der Waals surface area contributed by atoms with Gasteiger partial charge in [0, 0.05) is 11.3 Å². The number of nitrogens with zero attached hydrogens (tertiary/aromatic N) is 1. The first-order valence-corrected chi connectivity index (χ1v) is 8.29. The van der Waals surface area contributed by atoms with Gasteiger partial charge in [0.25, 0.3) is 5.91 Å². The Morgan fingerprint density at radius 1 is 1.09 bits per heavy atom. The van der Waals surface area contributed by atoms with Crippen molar-refractivity contribution < 1.29 is 47.3 Å². The predicted octanol–water partition coefficient (Wildman–Crippen LogP) is -0.543. The van der Waals surface area contributed by atoms with Crippen LogP contribution < -0.4 is 34.5 Å². The predicted molar refractivity (Wildman–Crippen MR) is 81.5 cm³/mol. The number of benzene rings is 2. The van der Waals surface area contributed by atoms with Crippen LogP contribution in [0.5, 0.6) is 0 Å². The van der Waals surface area contributed by atoms with Gasteiger partial charge in [-0.15, -0.1) is 0 Å². The number of rotatable bonds is 3. The van der Waals surface area contributed by atoms with Crippen LogP contribution in [0.1, 0.15) is 33.7 Å². The molecular weight excluding hydrogens is 325 g/mol. The van der Waals surface area contributed by atoms with Crippen LogP contribution in [0, 0.1) is 0 Å². The van der Waals surface area contributed by atoms with E-state index in [2.05, 4.69) is 0 Å². The van der Waals surface area contributed by atoms with Gasteiger partial charge in [-0.05, 0) is 36.2 Å². The molecule has 1 heterocycles. The monoisotopic (exact) mass is 339 g/mol. The summed E-state index contributed by atoms with van der Waals surface area (Å²) in [5.41, 5.74) is 2.75. The Morgan fingerprint density at radius 2 is 1.70 bits per heavy atom. The fourth-order valence-electron chi connectivity index (χ4n) is 2.55. The summed E-state index contributed by atoms with van der Waals surface area (Å²) in [5, 5.41) is -1.10. The molecule has 3 rings (SSSR count). The molecule has 1 aliphatic rings. The van der Waals surface area contributed by atoms with E-state index in [1.165, 1.54) is 6.92 Å². The minimum Gasteiger partial charge on any atom is -0.747 e. The molecule has 2 aromatic rings. The van der Waals surface area contributed by atoms with Gasteiger partial charge in [0.2, 0.25) is 0 Å². The number of amides is 1. The molecule has 23 heavy (non-hydrogen) atoms. The van der Waals surface area contributed by atoms with Gasteiger partial charge < -0.3 is 9.45 Å². The molecule has 0 bridgehead atoms. The normalized spacial score (nSPS) is 15.0. The Morgan fingerprint density at radius 3 is 2.26 bits per heavy atom. The first-order valence-electron chi connectivity index (χ1n) is 6.82. The Bertz CT molecular complexity index is 833. The molecule has 0 N–H and O–H groups in total. The first-order chi connectivity index (χ1) is 10.4. The summed E-state index contributed by atoms with van der Waals surface area (Å²) >= 11 is 0. The smallest absolute Gasteiger partial charge is 0.747 e. The molecule has 7 heteroatoms. The van der Waals surface area contributed by atoms with Gasteiger partial charge in [0.1, 0.15) is 10.1 Å². The zero-order valence-electron chi connectivity index (χ0n) is 12.9. The van der Waals surface area contributed by atoms with Gasteiger partial charge in [-0.25, -0.2) is 8.42 Å². The molecule has 1 atom stereocenters. The quantitative estimate of drug-likeness (QED) is 0.556. The number of hydrogen-bond acceptors (Lipinski definition) is 4. The van der Waals surface area contributed by atoms with Crippen molar-refractivity contribution >= 4 is 21.7 Å². The Kier molecular flexibility index (Phi) is 5.33. The van der Waals surface area contributed by atoms with Crippen molar-refractivity contribution in [1.29, 1.82) is 0 Å². The third-order valence-corrected chi connectivity index (χ3v) is 5.07. The summed E-state index contributed by atoms with van der Waals surface area (Å²) in [7, 11) is -4.37. The molecular formula is C16H14NNaO4S. The number of fused-ring (bicyclic) bond motifs is 1. The maximum absolute atomic E-state index is 12.4. The van der Waals surface area contributed by atoms with Crippen LogP contribution in [-0.2, 0) is 16.7 Å². The van der Waals surface area contributed by atoms with Crippen LogP contribution in [0.2, 0.25) is 0 Å². The zero-order valence-corrected chi connectivity index (χ0v) is 15.7. The fraction of sp³-hybridized carbons (Fsp3) is 0.188. The molecule has 0 fully saturated rings. The molecule has 5 nitrogen and oxygen atoms in total. The summed E-state index contributed by atoms with van der Waals surface area (Å²) in [6.07, 6.45) is 0. The number of anilines is 1. The van der Waals surface area contributed by atoms with E-state index in [-0.39, 0.29) is 35.5 Å². The van der Waals surface area contributed by atoms with Gasteiger partial charge in [-0.3, -0.25) is 4.79 Å². The molecule has 0 saturated heterocycles. The van der Waals surface area contributed by atoms with Crippen molar-refractivity contribution in [3.8, 4) is 0 Å². The third kappa shape index (κ3) is 3.51. The topological polar surface area (TPSA) is 77.5 Å². The Hall–Kier alpha value is -1.18. The molecule has 0 aliphatic carbocycles. The molecule has 1 aliphatic heterocycles. The number of carbonyl (C=O) groups excluding carboxylic acids is 1. The average molecular weight is 339 g/mol. The second-order valence-corrected chi connectivity index (χ2v) is 6.97. The molecule has 114 valence electrons. The Labute approximate surface area is 157 Å². The van der Waals surface area contributed by atoms with Crippen LogP contribution in [0.25, 0.3) is 0 Å². The van der Waals surface area contributed by atoms with Gasteiger partial charge >= 0.3 is 29.6 Å². The summed E-state index contributed by atoms with van der Waals surface area (Å²) in [4.78, 5) is 14.0. The van der Waals surface area contributed by atoms with Crippen molar-refractivity contribution in [2.24, 2.45) is 0 Å². The van der Waals surface area contributed by atoms with E-state index in [0.29, 0.717) is 23.4 Å². The molecule has 0 saturated carbocycles. The SMILES string of the molecule is C[C@H](c1ccc(N2Cc3ccccc3C2=O)cc1)S(=O)(=O)[O-].[Na+]. The molecule has 0 spiro atoms. The van der Waals surface area contributed by atoms with Crippen LogP contribution in [0.4, 0.5) is 5.69 Å². The fourth-order valence-corrected chi connectivity index (χ4v) is 3.05. The first kappa shape index (κ1) is 18.2. The standard InChI is InChI=1S/C16H15NO4S.Na/c1-11(22(19,20)21)12-6-8-14(9-7-12)17-10-13-4-2-3-5-15(13)16(17)18;/h2-9,11H,10H2,1H3,(H,19,20,21);/q;+1/p-1/t11-;/m1./s1. The summed E-state index contributed by atoms with van der Waals surface area (Å²) in [5.74, 6) is -0.0761. The summed E-state index contributed by atoms with van der Waals surface area (Å²) in [6.45, 7) is 1.85. The van der Waals surface area contributed by atoms with E-state index in [0.717, 1.165) is 5.56 Å². The number of hydrogen-bond donors (Lipinski definition) is 0. The second-order valence-electron chi connectivity index (χ2n) is 5.28. The molecule has 0 unspecified atom stereocenters. The van der Waals surface area contributed by atoms with Crippen LogP contribution >= 0.6 is 0 Å². The number of carbonyl (C=O) groups is 1. The van der Waals surface area contributed by atoms with Crippen molar-refractivity contribution in [2.75, 3.05) is 4.90 Å². The third-order valence-electron chi connectivity index (χ3n) is 3.93. The molecule has 2 aromatic carbocycles. The van der Waals surface area contributed by atoms with E-state index < -0.39 is 15.4 Å². The molecule has 0 aromatic heterocycles. The van der Waals surface area contributed by atoms with Gasteiger partial charge in [-0.2, -0.15) is 0 Å². The van der Waals surface area contributed by atoms with Crippen molar-refractivity contribution in [1.82, 2.24) is 0 Å². The van der Waals surface area contributed by atoms with Crippen LogP contribution in [-0.4, -0.2) is 18.9 Å². The largest absolute Gasteiger partial charge is 1.00 e. The van der Waals surface area contributed by atoms with E-state index in [9.17, 15) is 17.8 Å². The minimum atomic E-state index is -4.37. The Balaban J connectivity index is 0.00000192. The van der Waals surface area contributed by atoms with Crippen molar-refractivity contribution in [2.45, 2.75) is 18.7 Å². The van der Waals surface area contributed by atoms with E-state index in [1.807, 2.05) is 18.2 Å². The van der Waals surface area contributed by atoms with Crippen LogP contribution in [0.15, 0.2) is 48.5 Å². The maximum Gasteiger partial charge on any atom is 1.00 e. The second kappa shape index (κ2) is 6.75. The van der Waals surface area contributed by atoms with Crippen molar-refractivity contribution in [3.05, 3.63) is 65.2 Å². The van der Waals surface area contributed by atoms with E-state index in [1.54, 1.807) is 35.2 Å². The van der Waals surface area contributed by atoms with Gasteiger partial charge in [-0.1, -0.05) is 30.3 Å². The van der Waals surface area contributed by atoms with Gasteiger partial charge in [0.05, 0.1) is 11.8 Å². The average Bonchev–Trinajstić information content (AvgIpc) is 2.83. The molecule has 0 radical (unpaired) electrons. The maximum atomic E-state index is 12.4. The van der Waals surface area contributed by atoms with Gasteiger partial charge in [0.15, 0.2) is 0 Å². The summed E-state index contributed by atoms with van der Waals surface area (Å²) in [6, 6.07) is 13.9.